The molecule has 21 heavy (non-hydrogen) atoms. The number of hydrogen-bond donors (Lipinski definition) is 1. The molecule has 0 radical (unpaired) electrons. The Labute approximate surface area is 123 Å². The number of benzene rings is 2. The Kier molecular flexibility index (Phi) is 3.52. The van der Waals surface area contributed by atoms with Crippen molar-refractivity contribution < 1.29 is 9.47 Å². The molecule has 1 N–H and O–H groups in total. The van der Waals surface area contributed by atoms with Gasteiger partial charge in [-0.3, -0.25) is 0 Å². The van der Waals surface area contributed by atoms with E-state index in [4.69, 9.17) is 9.47 Å². The van der Waals surface area contributed by atoms with E-state index in [-0.39, 0.29) is 0 Å². The smallest absolute Gasteiger partial charge is 0.161 e. The zero-order valence-corrected chi connectivity index (χ0v) is 12.4. The molecule has 0 unspecified atom stereocenters. The van der Waals surface area contributed by atoms with E-state index >= 15 is 0 Å². The van der Waals surface area contributed by atoms with Gasteiger partial charge in [0.05, 0.1) is 25.3 Å². The van der Waals surface area contributed by atoms with Gasteiger partial charge in [0.15, 0.2) is 11.5 Å². The summed E-state index contributed by atoms with van der Waals surface area (Å²) in [5, 5.41) is 0. The van der Waals surface area contributed by atoms with Crippen LogP contribution in [0.3, 0.4) is 0 Å². The number of aryl methyl sites for hydroxylation is 1. The van der Waals surface area contributed by atoms with Crippen LogP contribution in [0.5, 0.6) is 11.5 Å². The maximum Gasteiger partial charge on any atom is 0.161 e. The van der Waals surface area contributed by atoms with E-state index in [1.807, 2.05) is 18.2 Å². The zero-order chi connectivity index (χ0) is 14.8. The highest BCUT2D eigenvalue weighted by molar-refractivity contribution is 5.80. The number of nitrogens with zero attached hydrogens (tertiary/aromatic N) is 1. The van der Waals surface area contributed by atoms with Crippen molar-refractivity contribution in [2.45, 2.75) is 13.3 Å². The number of aromatic amines is 1. The van der Waals surface area contributed by atoms with E-state index in [1.54, 1.807) is 14.2 Å². The molecular weight excluding hydrogens is 264 g/mol. The Morgan fingerprint density at radius 3 is 2.52 bits per heavy atom. The van der Waals surface area contributed by atoms with Crippen LogP contribution in [-0.4, -0.2) is 24.2 Å². The van der Waals surface area contributed by atoms with Crippen LogP contribution in [0.4, 0.5) is 0 Å². The lowest BCUT2D eigenvalue weighted by atomic mass is 10.1. The van der Waals surface area contributed by atoms with E-state index in [0.717, 1.165) is 28.8 Å². The summed E-state index contributed by atoms with van der Waals surface area (Å²) >= 11 is 0. The van der Waals surface area contributed by atoms with E-state index in [9.17, 15) is 0 Å². The molecule has 0 amide bonds. The Morgan fingerprint density at radius 2 is 1.81 bits per heavy atom. The first-order valence-electron chi connectivity index (χ1n) is 6.96. The van der Waals surface area contributed by atoms with Gasteiger partial charge in [-0.2, -0.15) is 0 Å². The average molecular weight is 282 g/mol. The summed E-state index contributed by atoms with van der Waals surface area (Å²) < 4.78 is 10.6. The summed E-state index contributed by atoms with van der Waals surface area (Å²) in [6.07, 6.45) is 1.01. The summed E-state index contributed by atoms with van der Waals surface area (Å²) in [6, 6.07) is 12.1. The van der Waals surface area contributed by atoms with Crippen molar-refractivity contribution in [2.75, 3.05) is 14.2 Å². The minimum absolute atomic E-state index is 0.699. The monoisotopic (exact) mass is 282 g/mol. The van der Waals surface area contributed by atoms with Gasteiger partial charge in [0.1, 0.15) is 5.82 Å². The second kappa shape index (κ2) is 5.48. The number of ether oxygens (including phenoxy) is 2. The Morgan fingerprint density at radius 1 is 1.00 bits per heavy atom. The summed E-state index contributed by atoms with van der Waals surface area (Å²) in [5.41, 5.74) is 4.29. The molecule has 3 rings (SSSR count). The molecule has 0 bridgehead atoms. The molecule has 0 fully saturated rings. The fourth-order valence-corrected chi connectivity index (χ4v) is 2.40. The number of nitrogens with one attached hydrogen (secondary N) is 1. The molecule has 108 valence electrons. The fraction of sp³-hybridized carbons (Fsp3) is 0.235. The molecule has 1 heterocycles. The Balaban J connectivity index is 2.07. The Bertz CT molecular complexity index is 778. The quantitative estimate of drug-likeness (QED) is 0.791. The highest BCUT2D eigenvalue weighted by Crippen LogP contribution is 2.32. The molecule has 0 saturated heterocycles. The van der Waals surface area contributed by atoms with Crippen LogP contribution in [0.1, 0.15) is 12.5 Å². The third kappa shape index (κ3) is 2.44. The summed E-state index contributed by atoms with van der Waals surface area (Å²) in [6.45, 7) is 2.15. The largest absolute Gasteiger partial charge is 0.493 e. The topological polar surface area (TPSA) is 47.1 Å². The van der Waals surface area contributed by atoms with Crippen LogP contribution in [0.15, 0.2) is 36.4 Å². The molecule has 0 aliphatic carbocycles. The normalized spacial score (nSPS) is 10.8. The van der Waals surface area contributed by atoms with Crippen molar-refractivity contribution in [1.82, 2.24) is 9.97 Å². The molecule has 4 heteroatoms. The van der Waals surface area contributed by atoms with Crippen molar-refractivity contribution in [1.29, 1.82) is 0 Å². The molecule has 0 aliphatic heterocycles. The minimum Gasteiger partial charge on any atom is -0.493 e. The Hall–Kier alpha value is -2.49. The van der Waals surface area contributed by atoms with Gasteiger partial charge in [0.2, 0.25) is 0 Å². The van der Waals surface area contributed by atoms with Gasteiger partial charge >= 0.3 is 0 Å². The number of imidazole rings is 1. The number of rotatable bonds is 4. The third-order valence-corrected chi connectivity index (χ3v) is 3.61. The minimum atomic E-state index is 0.699. The van der Waals surface area contributed by atoms with Crippen LogP contribution in [0.25, 0.3) is 22.4 Å². The summed E-state index contributed by atoms with van der Waals surface area (Å²) in [5.74, 6) is 2.24. The van der Waals surface area contributed by atoms with Crippen molar-refractivity contribution in [3.05, 3.63) is 42.0 Å². The predicted molar refractivity (Wildman–Crippen MR) is 84.0 cm³/mol. The molecule has 1 aromatic heterocycles. The highest BCUT2D eigenvalue weighted by Gasteiger charge is 2.10. The van der Waals surface area contributed by atoms with Gasteiger partial charge in [0, 0.05) is 5.56 Å². The molecule has 0 atom stereocenters. The lowest BCUT2D eigenvalue weighted by molar-refractivity contribution is 0.355. The van der Waals surface area contributed by atoms with Crippen LogP contribution in [0.2, 0.25) is 0 Å². The van der Waals surface area contributed by atoms with Crippen LogP contribution >= 0.6 is 0 Å². The molecular formula is C17H18N2O2. The second-order valence-electron chi connectivity index (χ2n) is 4.86. The highest BCUT2D eigenvalue weighted by atomic mass is 16.5. The molecule has 0 aliphatic rings. The zero-order valence-electron chi connectivity index (χ0n) is 12.4. The van der Waals surface area contributed by atoms with Gasteiger partial charge in [0.25, 0.3) is 0 Å². The van der Waals surface area contributed by atoms with E-state index in [0.29, 0.717) is 11.5 Å². The van der Waals surface area contributed by atoms with Gasteiger partial charge in [-0.1, -0.05) is 13.0 Å². The lowest BCUT2D eigenvalue weighted by Gasteiger charge is -2.08. The predicted octanol–water partition coefficient (Wildman–Crippen LogP) is 3.81. The summed E-state index contributed by atoms with van der Waals surface area (Å²) in [7, 11) is 3.26. The maximum atomic E-state index is 5.34. The third-order valence-electron chi connectivity index (χ3n) is 3.61. The first-order chi connectivity index (χ1) is 10.2. The van der Waals surface area contributed by atoms with Gasteiger partial charge in [-0.05, 0) is 42.3 Å². The van der Waals surface area contributed by atoms with Gasteiger partial charge < -0.3 is 14.5 Å². The summed E-state index contributed by atoms with van der Waals surface area (Å²) in [4.78, 5) is 8.01. The number of hydrogen-bond acceptors (Lipinski definition) is 3. The van der Waals surface area contributed by atoms with E-state index in [2.05, 4.69) is 35.1 Å². The number of H-pyrrole nitrogens is 1. The van der Waals surface area contributed by atoms with Crippen molar-refractivity contribution >= 4 is 11.0 Å². The maximum absolute atomic E-state index is 5.34. The van der Waals surface area contributed by atoms with Gasteiger partial charge in [-0.25, -0.2) is 4.98 Å². The second-order valence-corrected chi connectivity index (χ2v) is 4.86. The van der Waals surface area contributed by atoms with Crippen molar-refractivity contribution in [3.8, 4) is 22.9 Å². The van der Waals surface area contributed by atoms with Crippen molar-refractivity contribution in [3.63, 3.8) is 0 Å². The number of fused-ring (bicyclic) bond motifs is 1. The molecule has 0 spiro atoms. The fourth-order valence-electron chi connectivity index (χ4n) is 2.40. The SMILES string of the molecule is CCc1ccc2nc(-c3ccc(OC)c(OC)c3)[nH]c2c1. The van der Waals surface area contributed by atoms with Gasteiger partial charge in [-0.15, -0.1) is 0 Å². The van der Waals surface area contributed by atoms with Crippen LogP contribution < -0.4 is 9.47 Å². The lowest BCUT2D eigenvalue weighted by Crippen LogP contribution is -1.91. The standard InChI is InChI=1S/C17H18N2O2/c1-4-11-5-7-13-14(9-11)19-17(18-13)12-6-8-15(20-2)16(10-12)21-3/h5-10H,4H2,1-3H3,(H,18,19). The molecule has 0 saturated carbocycles. The number of aromatic nitrogens is 2. The van der Waals surface area contributed by atoms with Crippen molar-refractivity contribution in [2.24, 2.45) is 0 Å². The van der Waals surface area contributed by atoms with Crippen LogP contribution in [0, 0.1) is 0 Å². The molecule has 2 aromatic carbocycles. The first kappa shape index (κ1) is 13.5. The van der Waals surface area contributed by atoms with E-state index in [1.165, 1.54) is 5.56 Å². The van der Waals surface area contributed by atoms with Crippen LogP contribution in [-0.2, 0) is 6.42 Å². The number of methoxy groups -OCH3 is 2. The van der Waals surface area contributed by atoms with E-state index < -0.39 is 0 Å². The average Bonchev–Trinajstić information content (AvgIpc) is 2.96. The molecule has 3 aromatic rings. The molecule has 4 nitrogen and oxygen atoms in total. The first-order valence-corrected chi connectivity index (χ1v) is 6.96.